The van der Waals surface area contributed by atoms with Crippen molar-refractivity contribution in [2.75, 3.05) is 26.7 Å². The molecular formula is C13H19Cl2FN2. The van der Waals surface area contributed by atoms with Crippen LogP contribution in [0, 0.1) is 17.7 Å². The van der Waals surface area contributed by atoms with Gasteiger partial charge in [-0.1, -0.05) is 12.1 Å². The number of fused-ring (bicyclic) bond motifs is 1. The molecule has 2 saturated heterocycles. The van der Waals surface area contributed by atoms with Gasteiger partial charge in [0.2, 0.25) is 0 Å². The summed E-state index contributed by atoms with van der Waals surface area (Å²) < 4.78 is 13.3. The van der Waals surface area contributed by atoms with E-state index in [1.807, 2.05) is 12.1 Å². The van der Waals surface area contributed by atoms with Gasteiger partial charge in [-0.25, -0.2) is 4.39 Å². The molecule has 2 nitrogen and oxygen atoms in total. The molecule has 0 spiro atoms. The molecule has 0 unspecified atom stereocenters. The van der Waals surface area contributed by atoms with Crippen LogP contribution in [0.2, 0.25) is 0 Å². The Hall–Kier alpha value is -0.350. The summed E-state index contributed by atoms with van der Waals surface area (Å²) in [7, 11) is 2.15. The number of likely N-dealkylation sites (tertiary alicyclic amines) is 1. The second kappa shape index (κ2) is 6.20. The van der Waals surface area contributed by atoms with E-state index < -0.39 is 0 Å². The Kier molecular flexibility index (Phi) is 5.41. The standard InChI is InChI=1S/C13H17FN2.2ClH/c1-16-8-10-6-15-7-12(10)13(16)9-3-2-4-11(14)5-9;;/h2-5,10,12-13,15H,6-8H2,1H3;2*1H/t10-,12-,13+;;/m1../s1. The first-order chi connectivity index (χ1) is 7.75. The highest BCUT2D eigenvalue weighted by Gasteiger charge is 2.43. The largest absolute Gasteiger partial charge is 0.316 e. The first-order valence-corrected chi connectivity index (χ1v) is 5.92. The van der Waals surface area contributed by atoms with Gasteiger partial charge in [0.1, 0.15) is 5.82 Å². The first kappa shape index (κ1) is 15.7. The third-order valence-electron chi connectivity index (χ3n) is 3.99. The van der Waals surface area contributed by atoms with Gasteiger partial charge in [0.15, 0.2) is 0 Å². The Bertz CT molecular complexity index is 402. The lowest BCUT2D eigenvalue weighted by atomic mass is 9.89. The van der Waals surface area contributed by atoms with Gasteiger partial charge in [0.25, 0.3) is 0 Å². The van der Waals surface area contributed by atoms with E-state index in [2.05, 4.69) is 17.3 Å². The van der Waals surface area contributed by atoms with Gasteiger partial charge in [-0.05, 0) is 43.1 Å². The number of halogens is 3. The lowest BCUT2D eigenvalue weighted by Crippen LogP contribution is -2.25. The lowest BCUT2D eigenvalue weighted by Gasteiger charge is -2.24. The lowest BCUT2D eigenvalue weighted by molar-refractivity contribution is 0.276. The van der Waals surface area contributed by atoms with Crippen molar-refractivity contribution in [3.63, 3.8) is 0 Å². The molecule has 3 rings (SSSR count). The van der Waals surface area contributed by atoms with Gasteiger partial charge >= 0.3 is 0 Å². The Morgan fingerprint density at radius 2 is 2.06 bits per heavy atom. The number of hydrogen-bond acceptors (Lipinski definition) is 2. The monoisotopic (exact) mass is 292 g/mol. The minimum atomic E-state index is -0.125. The van der Waals surface area contributed by atoms with Crippen LogP contribution in [0.25, 0.3) is 0 Å². The van der Waals surface area contributed by atoms with E-state index >= 15 is 0 Å². The van der Waals surface area contributed by atoms with Crippen LogP contribution in [-0.4, -0.2) is 31.6 Å². The normalized spacial score (nSPS) is 30.4. The minimum Gasteiger partial charge on any atom is -0.316 e. The summed E-state index contributed by atoms with van der Waals surface area (Å²) in [4.78, 5) is 2.37. The number of hydrogen-bond donors (Lipinski definition) is 1. The molecule has 0 saturated carbocycles. The molecule has 0 radical (unpaired) electrons. The molecule has 0 amide bonds. The smallest absolute Gasteiger partial charge is 0.123 e. The van der Waals surface area contributed by atoms with Crippen LogP contribution in [0.4, 0.5) is 4.39 Å². The van der Waals surface area contributed by atoms with Crippen LogP contribution in [0.15, 0.2) is 24.3 Å². The third kappa shape index (κ3) is 2.64. The van der Waals surface area contributed by atoms with Crippen molar-refractivity contribution in [2.24, 2.45) is 11.8 Å². The molecule has 1 aromatic carbocycles. The predicted octanol–water partition coefficient (Wildman–Crippen LogP) is 2.49. The average molecular weight is 293 g/mol. The van der Waals surface area contributed by atoms with E-state index in [4.69, 9.17) is 0 Å². The second-order valence-electron chi connectivity index (χ2n) is 5.02. The van der Waals surface area contributed by atoms with E-state index in [0.717, 1.165) is 31.1 Å². The topological polar surface area (TPSA) is 15.3 Å². The molecular weight excluding hydrogens is 274 g/mol. The van der Waals surface area contributed by atoms with Crippen molar-refractivity contribution in [1.82, 2.24) is 10.2 Å². The van der Waals surface area contributed by atoms with Gasteiger partial charge in [-0.3, -0.25) is 4.90 Å². The zero-order chi connectivity index (χ0) is 11.1. The van der Waals surface area contributed by atoms with Crippen molar-refractivity contribution in [2.45, 2.75) is 6.04 Å². The first-order valence-electron chi connectivity index (χ1n) is 5.92. The van der Waals surface area contributed by atoms with Crippen LogP contribution in [-0.2, 0) is 0 Å². The highest BCUT2D eigenvalue weighted by molar-refractivity contribution is 5.85. The molecule has 2 aliphatic heterocycles. The predicted molar refractivity (Wildman–Crippen MR) is 76.1 cm³/mol. The zero-order valence-corrected chi connectivity index (χ0v) is 11.9. The quantitative estimate of drug-likeness (QED) is 0.856. The molecule has 0 bridgehead atoms. The summed E-state index contributed by atoms with van der Waals surface area (Å²) in [6.45, 7) is 3.30. The fourth-order valence-corrected chi connectivity index (χ4v) is 3.33. The second-order valence-corrected chi connectivity index (χ2v) is 5.02. The summed E-state index contributed by atoms with van der Waals surface area (Å²) in [6, 6.07) is 7.44. The number of rotatable bonds is 1. The summed E-state index contributed by atoms with van der Waals surface area (Å²) >= 11 is 0. The van der Waals surface area contributed by atoms with Crippen molar-refractivity contribution in [1.29, 1.82) is 0 Å². The van der Waals surface area contributed by atoms with Crippen LogP contribution in [0.5, 0.6) is 0 Å². The maximum absolute atomic E-state index is 13.3. The molecule has 102 valence electrons. The highest BCUT2D eigenvalue weighted by atomic mass is 35.5. The summed E-state index contributed by atoms with van der Waals surface area (Å²) in [5.41, 5.74) is 1.12. The Morgan fingerprint density at radius 3 is 2.78 bits per heavy atom. The van der Waals surface area contributed by atoms with Crippen molar-refractivity contribution in [3.05, 3.63) is 35.6 Å². The van der Waals surface area contributed by atoms with Gasteiger partial charge in [-0.15, -0.1) is 24.8 Å². The average Bonchev–Trinajstić information content (AvgIpc) is 2.76. The van der Waals surface area contributed by atoms with E-state index in [-0.39, 0.29) is 30.6 Å². The maximum atomic E-state index is 13.3. The van der Waals surface area contributed by atoms with Crippen LogP contribution >= 0.6 is 24.8 Å². The van der Waals surface area contributed by atoms with E-state index in [1.54, 1.807) is 6.07 Å². The van der Waals surface area contributed by atoms with E-state index in [9.17, 15) is 4.39 Å². The maximum Gasteiger partial charge on any atom is 0.123 e. The Balaban J connectivity index is 0.000000810. The summed E-state index contributed by atoms with van der Waals surface area (Å²) in [5.74, 6) is 1.25. The van der Waals surface area contributed by atoms with Crippen LogP contribution in [0.1, 0.15) is 11.6 Å². The third-order valence-corrected chi connectivity index (χ3v) is 3.99. The molecule has 2 fully saturated rings. The molecule has 0 aromatic heterocycles. The van der Waals surface area contributed by atoms with Crippen LogP contribution < -0.4 is 5.32 Å². The Morgan fingerprint density at radius 1 is 1.28 bits per heavy atom. The minimum absolute atomic E-state index is 0. The number of nitrogens with one attached hydrogen (secondary N) is 1. The van der Waals surface area contributed by atoms with Crippen molar-refractivity contribution >= 4 is 24.8 Å². The molecule has 18 heavy (non-hydrogen) atoms. The molecule has 3 atom stereocenters. The summed E-state index contributed by atoms with van der Waals surface area (Å²) in [5, 5.41) is 3.44. The molecule has 1 N–H and O–H groups in total. The van der Waals surface area contributed by atoms with Gasteiger partial charge in [-0.2, -0.15) is 0 Å². The molecule has 0 aliphatic carbocycles. The number of benzene rings is 1. The van der Waals surface area contributed by atoms with Crippen molar-refractivity contribution in [3.8, 4) is 0 Å². The van der Waals surface area contributed by atoms with Gasteiger partial charge < -0.3 is 5.32 Å². The summed E-state index contributed by atoms with van der Waals surface area (Å²) in [6.07, 6.45) is 0. The fraction of sp³-hybridized carbons (Fsp3) is 0.538. The van der Waals surface area contributed by atoms with Crippen LogP contribution in [0.3, 0.4) is 0 Å². The van der Waals surface area contributed by atoms with Crippen molar-refractivity contribution < 1.29 is 4.39 Å². The molecule has 2 heterocycles. The SMILES string of the molecule is CN1C[C@H]2CNC[C@H]2[C@@H]1c1cccc(F)c1.Cl.Cl. The van der Waals surface area contributed by atoms with E-state index in [1.165, 1.54) is 6.07 Å². The number of nitrogens with zero attached hydrogens (tertiary/aromatic N) is 1. The van der Waals surface area contributed by atoms with Gasteiger partial charge in [0.05, 0.1) is 0 Å². The molecule has 2 aliphatic rings. The van der Waals surface area contributed by atoms with E-state index in [0.29, 0.717) is 12.0 Å². The Labute approximate surface area is 120 Å². The van der Waals surface area contributed by atoms with Gasteiger partial charge in [0, 0.05) is 19.1 Å². The highest BCUT2D eigenvalue weighted by Crippen LogP contribution is 2.41. The molecule has 1 aromatic rings. The zero-order valence-electron chi connectivity index (χ0n) is 10.3. The molecule has 5 heteroatoms. The fourth-order valence-electron chi connectivity index (χ4n) is 3.33.